The van der Waals surface area contributed by atoms with E-state index in [4.69, 9.17) is 23.2 Å². The second-order valence-electron chi connectivity index (χ2n) is 5.09. The molecule has 0 radical (unpaired) electrons. The molecule has 0 unspecified atom stereocenters. The first-order valence-corrected chi connectivity index (χ1v) is 11.0. The first kappa shape index (κ1) is 19.4. The largest absolute Gasteiger partial charge is 0.315 e. The quantitative estimate of drug-likeness (QED) is 0.403. The number of aromatic nitrogens is 1. The first-order chi connectivity index (χ1) is 12.4. The van der Waals surface area contributed by atoms with Crippen molar-refractivity contribution in [2.24, 2.45) is 4.99 Å². The van der Waals surface area contributed by atoms with Crippen molar-refractivity contribution in [2.45, 2.75) is 6.54 Å². The fourth-order valence-electron chi connectivity index (χ4n) is 2.29. The number of rotatable bonds is 5. The summed E-state index contributed by atoms with van der Waals surface area (Å²) in [7, 11) is 0. The molecule has 0 aliphatic rings. The maximum atomic E-state index is 12.5. The lowest BCUT2D eigenvalue weighted by Crippen LogP contribution is -2.18. The van der Waals surface area contributed by atoms with Crippen LogP contribution in [0.3, 0.4) is 0 Å². The van der Waals surface area contributed by atoms with Crippen LogP contribution in [0, 0.1) is 10.1 Å². The Labute approximate surface area is 170 Å². The van der Waals surface area contributed by atoms with Gasteiger partial charge in [0.05, 0.1) is 25.0 Å². The molecular formula is C15H11Cl2N3O3S3. The summed E-state index contributed by atoms with van der Waals surface area (Å²) in [5, 5.41) is 11.0. The Hall–Kier alpha value is -1.39. The van der Waals surface area contributed by atoms with Crippen molar-refractivity contribution in [3.05, 3.63) is 53.4 Å². The predicted molar refractivity (Wildman–Crippen MR) is 109 cm³/mol. The van der Waals surface area contributed by atoms with Crippen molar-refractivity contribution >= 4 is 79.4 Å². The highest BCUT2D eigenvalue weighted by Crippen LogP contribution is 2.31. The number of non-ortho nitro benzene ring substituents is 1. The maximum Gasteiger partial charge on any atom is 0.282 e. The second kappa shape index (κ2) is 8.10. The third kappa shape index (κ3) is 3.96. The molecule has 2 heterocycles. The van der Waals surface area contributed by atoms with Gasteiger partial charge < -0.3 is 4.57 Å². The molecule has 26 heavy (non-hydrogen) atoms. The number of carbonyl (C=O) groups is 1. The Morgan fingerprint density at radius 3 is 2.73 bits per heavy atom. The number of thiophene rings is 1. The highest BCUT2D eigenvalue weighted by atomic mass is 35.5. The summed E-state index contributed by atoms with van der Waals surface area (Å²) in [6.07, 6.45) is 1.98. The van der Waals surface area contributed by atoms with Crippen LogP contribution in [-0.2, 0) is 6.54 Å². The number of thiazole rings is 1. The van der Waals surface area contributed by atoms with Gasteiger partial charge in [-0.05, 0) is 18.4 Å². The lowest BCUT2D eigenvalue weighted by Gasteiger charge is -2.03. The molecule has 0 aliphatic heterocycles. The highest BCUT2D eigenvalue weighted by molar-refractivity contribution is 7.98. The van der Waals surface area contributed by atoms with E-state index in [1.54, 1.807) is 17.8 Å². The summed E-state index contributed by atoms with van der Waals surface area (Å²) in [5.41, 5.74) is 1.05. The SMILES string of the molecule is CSCCn1c(=NC(=O)c2cc(Cl)sc2Cl)sc2cc([N+](=O)[O-])ccc21. The lowest BCUT2D eigenvalue weighted by atomic mass is 10.3. The van der Waals surface area contributed by atoms with Gasteiger partial charge in [-0.15, -0.1) is 11.3 Å². The summed E-state index contributed by atoms with van der Waals surface area (Å²) in [4.78, 5) is 27.7. The van der Waals surface area contributed by atoms with Crippen molar-refractivity contribution in [1.82, 2.24) is 4.57 Å². The Morgan fingerprint density at radius 1 is 1.35 bits per heavy atom. The summed E-state index contributed by atoms with van der Waals surface area (Å²) >= 11 is 15.9. The number of fused-ring (bicyclic) bond motifs is 1. The van der Waals surface area contributed by atoms with Crippen LogP contribution in [0.15, 0.2) is 29.3 Å². The van der Waals surface area contributed by atoms with Gasteiger partial charge in [0, 0.05) is 24.4 Å². The van der Waals surface area contributed by atoms with Crippen molar-refractivity contribution < 1.29 is 9.72 Å². The number of hydrogen-bond acceptors (Lipinski definition) is 6. The standard InChI is InChI=1S/C15H11Cl2N3O3S3/c1-24-5-4-19-10-3-2-8(20(22)23)6-11(10)25-15(19)18-14(21)9-7-12(16)26-13(9)17/h2-3,6-7H,4-5H2,1H3. The van der Waals surface area contributed by atoms with Gasteiger partial charge in [0.25, 0.3) is 11.6 Å². The molecule has 0 N–H and O–H groups in total. The van der Waals surface area contributed by atoms with Crippen LogP contribution in [-0.4, -0.2) is 27.4 Å². The summed E-state index contributed by atoms with van der Waals surface area (Å²) < 4.78 is 3.29. The van der Waals surface area contributed by atoms with Gasteiger partial charge in [0.15, 0.2) is 4.80 Å². The van der Waals surface area contributed by atoms with Gasteiger partial charge in [0.1, 0.15) is 4.34 Å². The molecule has 6 nitrogen and oxygen atoms in total. The number of hydrogen-bond donors (Lipinski definition) is 0. The normalized spacial score (nSPS) is 12.0. The fraction of sp³-hybridized carbons (Fsp3) is 0.200. The maximum absolute atomic E-state index is 12.5. The zero-order valence-electron chi connectivity index (χ0n) is 13.3. The van der Waals surface area contributed by atoms with E-state index in [9.17, 15) is 14.9 Å². The third-order valence-electron chi connectivity index (χ3n) is 3.48. The molecule has 2 aromatic heterocycles. The number of halogens is 2. The number of benzene rings is 1. The molecule has 0 spiro atoms. The molecule has 0 atom stereocenters. The van der Waals surface area contributed by atoms with Gasteiger partial charge in [-0.3, -0.25) is 14.9 Å². The van der Waals surface area contributed by atoms with Crippen LogP contribution >= 0.6 is 57.6 Å². The predicted octanol–water partition coefficient (Wildman–Crippen LogP) is 5.08. The van der Waals surface area contributed by atoms with Crippen molar-refractivity contribution in [2.75, 3.05) is 12.0 Å². The smallest absolute Gasteiger partial charge is 0.282 e. The monoisotopic (exact) mass is 447 g/mol. The van der Waals surface area contributed by atoms with E-state index in [1.807, 2.05) is 10.8 Å². The minimum atomic E-state index is -0.489. The number of carbonyl (C=O) groups excluding carboxylic acids is 1. The molecule has 3 rings (SSSR count). The first-order valence-electron chi connectivity index (χ1n) is 7.21. The number of nitro benzene ring substituents is 1. The third-order valence-corrected chi connectivity index (χ3v) is 6.60. The molecule has 3 aromatic rings. The number of aryl methyl sites for hydroxylation is 1. The summed E-state index contributed by atoms with van der Waals surface area (Å²) in [6, 6.07) is 6.12. The van der Waals surface area contributed by atoms with E-state index in [1.165, 1.54) is 29.5 Å². The van der Waals surface area contributed by atoms with Gasteiger partial charge in [-0.1, -0.05) is 34.5 Å². The molecule has 0 aliphatic carbocycles. The number of amides is 1. The topological polar surface area (TPSA) is 77.5 Å². The molecule has 11 heteroatoms. The molecule has 136 valence electrons. The van der Waals surface area contributed by atoms with Crippen molar-refractivity contribution in [3.63, 3.8) is 0 Å². The zero-order chi connectivity index (χ0) is 18.8. The van der Waals surface area contributed by atoms with E-state index in [2.05, 4.69) is 4.99 Å². The summed E-state index contributed by atoms with van der Waals surface area (Å²) in [6.45, 7) is 0.628. The zero-order valence-corrected chi connectivity index (χ0v) is 17.2. The van der Waals surface area contributed by atoms with E-state index in [-0.39, 0.29) is 15.6 Å². The number of thioether (sulfide) groups is 1. The molecule has 0 saturated carbocycles. The van der Waals surface area contributed by atoms with Gasteiger partial charge in [-0.25, -0.2) is 0 Å². The van der Waals surface area contributed by atoms with Gasteiger partial charge in [-0.2, -0.15) is 16.8 Å². The Kier molecular flexibility index (Phi) is 6.03. The van der Waals surface area contributed by atoms with Gasteiger partial charge in [0.2, 0.25) is 0 Å². The van der Waals surface area contributed by atoms with Crippen LogP contribution in [0.1, 0.15) is 10.4 Å². The van der Waals surface area contributed by atoms with E-state index in [0.717, 1.165) is 22.6 Å². The Bertz CT molecular complexity index is 1070. The number of nitrogens with zero attached hydrogens (tertiary/aromatic N) is 3. The van der Waals surface area contributed by atoms with E-state index in [0.29, 0.717) is 20.4 Å². The van der Waals surface area contributed by atoms with Crippen molar-refractivity contribution in [1.29, 1.82) is 0 Å². The molecule has 1 amide bonds. The Balaban J connectivity index is 2.14. The van der Waals surface area contributed by atoms with E-state index >= 15 is 0 Å². The van der Waals surface area contributed by atoms with E-state index < -0.39 is 10.8 Å². The molecule has 0 bridgehead atoms. The average molecular weight is 448 g/mol. The minimum absolute atomic E-state index is 0.00121. The fourth-order valence-corrected chi connectivity index (χ4v) is 5.19. The molecule has 0 fully saturated rings. The molecule has 1 aromatic carbocycles. The van der Waals surface area contributed by atoms with Gasteiger partial charge >= 0.3 is 0 Å². The highest BCUT2D eigenvalue weighted by Gasteiger charge is 2.16. The van der Waals surface area contributed by atoms with Crippen LogP contribution in [0.2, 0.25) is 8.67 Å². The Morgan fingerprint density at radius 2 is 2.12 bits per heavy atom. The lowest BCUT2D eigenvalue weighted by molar-refractivity contribution is -0.384. The van der Waals surface area contributed by atoms with Crippen LogP contribution in [0.25, 0.3) is 10.2 Å². The minimum Gasteiger partial charge on any atom is -0.315 e. The van der Waals surface area contributed by atoms with Crippen molar-refractivity contribution in [3.8, 4) is 0 Å². The molecular weight excluding hydrogens is 437 g/mol. The van der Waals surface area contributed by atoms with Crippen LogP contribution in [0.5, 0.6) is 0 Å². The number of nitro groups is 1. The molecule has 0 saturated heterocycles. The average Bonchev–Trinajstić information content (AvgIpc) is 3.11. The second-order valence-corrected chi connectivity index (χ2v) is 9.37. The van der Waals surface area contributed by atoms with Crippen LogP contribution < -0.4 is 4.80 Å². The summed E-state index contributed by atoms with van der Waals surface area (Å²) in [5.74, 6) is 0.326. The van der Waals surface area contributed by atoms with Crippen LogP contribution in [0.4, 0.5) is 5.69 Å².